The average molecular weight is 408 g/mol. The Morgan fingerprint density at radius 3 is 2.40 bits per heavy atom. The van der Waals surface area contributed by atoms with Crippen molar-refractivity contribution >= 4 is 11.8 Å². The molecule has 3 atom stereocenters. The van der Waals surface area contributed by atoms with Gasteiger partial charge in [-0.25, -0.2) is 4.79 Å². The third-order valence-corrected chi connectivity index (χ3v) is 6.98. The molecule has 1 aromatic carbocycles. The first kappa shape index (κ1) is 20.9. The summed E-state index contributed by atoms with van der Waals surface area (Å²) in [5.74, 6) is 0.333. The lowest BCUT2D eigenvalue weighted by Crippen LogP contribution is -2.21. The Morgan fingerprint density at radius 2 is 1.80 bits per heavy atom. The zero-order chi connectivity index (χ0) is 21.6. The number of H-pyrrole nitrogens is 1. The van der Waals surface area contributed by atoms with Crippen molar-refractivity contribution in [1.82, 2.24) is 4.98 Å². The van der Waals surface area contributed by atoms with Crippen molar-refractivity contribution in [2.45, 2.75) is 84.2 Å². The summed E-state index contributed by atoms with van der Waals surface area (Å²) < 4.78 is 5.78. The molecule has 1 saturated carbocycles. The monoisotopic (exact) mass is 407 g/mol. The van der Waals surface area contributed by atoms with Crippen molar-refractivity contribution in [1.29, 1.82) is 0 Å². The van der Waals surface area contributed by atoms with Gasteiger partial charge in [-0.05, 0) is 66.5 Å². The second-order valence-electron chi connectivity index (χ2n) is 10.2. The van der Waals surface area contributed by atoms with Gasteiger partial charge in [-0.3, -0.25) is 4.79 Å². The van der Waals surface area contributed by atoms with E-state index in [1.165, 1.54) is 11.1 Å². The molecule has 1 N–H and O–H groups in total. The number of ketones is 1. The number of carbonyl (C=O) groups excluding carboxylic acids is 2. The Morgan fingerprint density at radius 1 is 1.10 bits per heavy atom. The first-order valence-electron chi connectivity index (χ1n) is 11.2. The van der Waals surface area contributed by atoms with Crippen LogP contribution in [0.15, 0.2) is 24.3 Å². The van der Waals surface area contributed by atoms with E-state index in [9.17, 15) is 9.59 Å². The highest BCUT2D eigenvalue weighted by Crippen LogP contribution is 2.36. The molecular weight excluding hydrogens is 374 g/mol. The van der Waals surface area contributed by atoms with Gasteiger partial charge in [0.25, 0.3) is 0 Å². The van der Waals surface area contributed by atoms with Crippen molar-refractivity contribution in [2.75, 3.05) is 0 Å². The number of rotatable bonds is 3. The van der Waals surface area contributed by atoms with Crippen LogP contribution in [-0.4, -0.2) is 22.8 Å². The molecule has 0 aliphatic heterocycles. The van der Waals surface area contributed by atoms with Crippen LogP contribution in [0.25, 0.3) is 0 Å². The molecule has 160 valence electrons. The SMILES string of the molecule is Cc1c(C(=O)O[C@H]2CCC[C@H]2C)[nH]c2c1C(=O)C[C@@H](c1ccc(C(C)(C)C)cc1)C2. The maximum atomic E-state index is 13.0. The number of nitrogens with one attached hydrogen (secondary N) is 1. The molecule has 1 heterocycles. The summed E-state index contributed by atoms with van der Waals surface area (Å²) in [6, 6.07) is 8.63. The summed E-state index contributed by atoms with van der Waals surface area (Å²) >= 11 is 0. The van der Waals surface area contributed by atoms with E-state index in [1.807, 2.05) is 6.92 Å². The summed E-state index contributed by atoms with van der Waals surface area (Å²) in [7, 11) is 0. The minimum atomic E-state index is -0.320. The van der Waals surface area contributed by atoms with Gasteiger partial charge in [-0.2, -0.15) is 0 Å². The van der Waals surface area contributed by atoms with E-state index in [4.69, 9.17) is 4.74 Å². The molecule has 0 unspecified atom stereocenters. The molecule has 1 fully saturated rings. The second-order valence-corrected chi connectivity index (χ2v) is 10.2. The molecule has 0 saturated heterocycles. The van der Waals surface area contributed by atoms with E-state index in [2.05, 4.69) is 56.9 Å². The van der Waals surface area contributed by atoms with Crippen molar-refractivity contribution in [3.63, 3.8) is 0 Å². The fourth-order valence-electron chi connectivity index (χ4n) is 5.01. The van der Waals surface area contributed by atoms with Gasteiger partial charge in [0.1, 0.15) is 11.8 Å². The summed E-state index contributed by atoms with van der Waals surface area (Å²) in [5.41, 5.74) is 5.35. The number of ether oxygens (including phenoxy) is 1. The van der Waals surface area contributed by atoms with E-state index in [0.717, 1.165) is 36.9 Å². The maximum Gasteiger partial charge on any atom is 0.355 e. The Labute approximate surface area is 179 Å². The number of hydrogen-bond acceptors (Lipinski definition) is 3. The highest BCUT2D eigenvalue weighted by molar-refractivity contribution is 6.03. The van der Waals surface area contributed by atoms with E-state index >= 15 is 0 Å². The fraction of sp³-hybridized carbons (Fsp3) is 0.538. The molecule has 2 aromatic rings. The molecule has 0 amide bonds. The number of esters is 1. The van der Waals surface area contributed by atoms with E-state index in [0.29, 0.717) is 23.6 Å². The second kappa shape index (κ2) is 7.72. The van der Waals surface area contributed by atoms with Gasteiger partial charge < -0.3 is 9.72 Å². The average Bonchev–Trinajstić information content (AvgIpc) is 3.24. The van der Waals surface area contributed by atoms with Crippen LogP contribution in [-0.2, 0) is 16.6 Å². The van der Waals surface area contributed by atoms with Crippen LogP contribution >= 0.6 is 0 Å². The molecule has 30 heavy (non-hydrogen) atoms. The predicted molar refractivity (Wildman–Crippen MR) is 118 cm³/mol. The lowest BCUT2D eigenvalue weighted by Gasteiger charge is -2.24. The Hall–Kier alpha value is -2.36. The topological polar surface area (TPSA) is 59.2 Å². The Kier molecular flexibility index (Phi) is 5.37. The maximum absolute atomic E-state index is 13.0. The van der Waals surface area contributed by atoms with Crippen LogP contribution in [0.4, 0.5) is 0 Å². The van der Waals surface area contributed by atoms with E-state index in [-0.39, 0.29) is 29.2 Å². The van der Waals surface area contributed by atoms with Crippen LogP contribution < -0.4 is 0 Å². The molecule has 4 nitrogen and oxygen atoms in total. The van der Waals surface area contributed by atoms with Crippen molar-refractivity contribution in [3.05, 3.63) is 57.9 Å². The number of fused-ring (bicyclic) bond motifs is 1. The summed E-state index contributed by atoms with van der Waals surface area (Å²) in [5, 5.41) is 0. The minimum Gasteiger partial charge on any atom is -0.457 e. The van der Waals surface area contributed by atoms with Crippen LogP contribution in [0.2, 0.25) is 0 Å². The van der Waals surface area contributed by atoms with Crippen LogP contribution in [0.3, 0.4) is 0 Å². The number of Topliss-reactive ketones (excluding diaryl/α,β-unsaturated/α-hetero) is 1. The molecule has 4 heteroatoms. The third kappa shape index (κ3) is 3.84. The lowest BCUT2D eigenvalue weighted by atomic mass is 9.80. The smallest absolute Gasteiger partial charge is 0.355 e. The van der Waals surface area contributed by atoms with Crippen molar-refractivity contribution in [2.24, 2.45) is 5.92 Å². The molecule has 0 spiro atoms. The number of hydrogen-bond donors (Lipinski definition) is 1. The molecule has 0 bridgehead atoms. The first-order chi connectivity index (χ1) is 14.1. The Bertz CT molecular complexity index is 961. The molecule has 0 radical (unpaired) electrons. The van der Waals surface area contributed by atoms with Gasteiger partial charge in [0, 0.05) is 17.7 Å². The minimum absolute atomic E-state index is 0.0120. The molecule has 1 aromatic heterocycles. The Balaban J connectivity index is 1.55. The normalized spacial score (nSPS) is 24.0. The van der Waals surface area contributed by atoms with Gasteiger partial charge in [-0.1, -0.05) is 52.0 Å². The summed E-state index contributed by atoms with van der Waals surface area (Å²) in [4.78, 5) is 29.0. The van der Waals surface area contributed by atoms with E-state index < -0.39 is 0 Å². The molecule has 2 aliphatic rings. The summed E-state index contributed by atoms with van der Waals surface area (Å²) in [6.07, 6.45) is 4.35. The largest absolute Gasteiger partial charge is 0.457 e. The number of carbonyl (C=O) groups is 2. The quantitative estimate of drug-likeness (QED) is 0.647. The van der Waals surface area contributed by atoms with Crippen LogP contribution in [0.5, 0.6) is 0 Å². The number of benzene rings is 1. The van der Waals surface area contributed by atoms with Crippen molar-refractivity contribution < 1.29 is 14.3 Å². The lowest BCUT2D eigenvalue weighted by molar-refractivity contribution is 0.0219. The first-order valence-corrected chi connectivity index (χ1v) is 11.2. The third-order valence-electron chi connectivity index (χ3n) is 6.98. The highest BCUT2D eigenvalue weighted by Gasteiger charge is 2.34. The van der Waals surface area contributed by atoms with Crippen LogP contribution in [0.1, 0.15) is 103 Å². The van der Waals surface area contributed by atoms with Gasteiger partial charge in [-0.15, -0.1) is 0 Å². The molecule has 2 aliphatic carbocycles. The zero-order valence-corrected chi connectivity index (χ0v) is 18.8. The number of aromatic amines is 1. The van der Waals surface area contributed by atoms with Gasteiger partial charge in [0.05, 0.1) is 0 Å². The predicted octanol–water partition coefficient (Wildman–Crippen LogP) is 5.88. The van der Waals surface area contributed by atoms with E-state index in [1.54, 1.807) is 0 Å². The molecular formula is C26H33NO3. The summed E-state index contributed by atoms with van der Waals surface area (Å²) in [6.45, 7) is 10.6. The standard InChI is InChI=1S/C26H33NO3/c1-15-7-6-8-22(15)30-25(29)24-16(2)23-20(27-24)13-18(14-21(23)28)17-9-11-19(12-10-17)26(3,4)5/h9-12,15,18,22,27H,6-8,13-14H2,1-5H3/t15-,18+,22+/m1/s1. The van der Waals surface area contributed by atoms with Gasteiger partial charge in [0.15, 0.2) is 5.78 Å². The van der Waals surface area contributed by atoms with Crippen LogP contribution in [0, 0.1) is 12.8 Å². The van der Waals surface area contributed by atoms with Crippen molar-refractivity contribution in [3.8, 4) is 0 Å². The molecule has 4 rings (SSSR count). The number of aromatic nitrogens is 1. The fourth-order valence-corrected chi connectivity index (χ4v) is 5.01. The highest BCUT2D eigenvalue weighted by atomic mass is 16.5. The van der Waals surface area contributed by atoms with Gasteiger partial charge in [0.2, 0.25) is 0 Å². The zero-order valence-electron chi connectivity index (χ0n) is 18.8. The van der Waals surface area contributed by atoms with Gasteiger partial charge >= 0.3 is 5.97 Å².